The van der Waals surface area contributed by atoms with Crippen LogP contribution >= 0.6 is 0 Å². The highest BCUT2D eigenvalue weighted by Gasteiger charge is 2.30. The Morgan fingerprint density at radius 1 is 0.773 bits per heavy atom. The molecule has 7 nitrogen and oxygen atoms in total. The molecule has 7 heteroatoms. The van der Waals surface area contributed by atoms with Crippen molar-refractivity contribution < 1.29 is 34.8 Å². The molecule has 0 aliphatic carbocycles. The van der Waals surface area contributed by atoms with Crippen molar-refractivity contribution in [2.45, 2.75) is 38.5 Å². The van der Waals surface area contributed by atoms with Gasteiger partial charge in [0.05, 0.1) is 17.8 Å². The molecule has 0 aliphatic heterocycles. The minimum atomic E-state index is -1.21. The lowest BCUT2D eigenvalue weighted by Gasteiger charge is -2.22. The van der Waals surface area contributed by atoms with Gasteiger partial charge in [0.2, 0.25) is 0 Å². The predicted octanol–water partition coefficient (Wildman–Crippen LogP) is 1.96. The van der Waals surface area contributed by atoms with Crippen LogP contribution < -0.4 is 0 Å². The van der Waals surface area contributed by atoms with E-state index < -0.39 is 35.7 Å². The van der Waals surface area contributed by atoms with Crippen molar-refractivity contribution in [3.63, 3.8) is 0 Å². The fraction of sp³-hybridized carbons (Fsp3) is 0.400. The third-order valence-corrected chi connectivity index (χ3v) is 3.71. The van der Waals surface area contributed by atoms with Crippen molar-refractivity contribution in [1.82, 2.24) is 0 Å². The van der Waals surface area contributed by atoms with E-state index in [2.05, 4.69) is 0 Å². The highest BCUT2D eigenvalue weighted by atomic mass is 16.4. The summed E-state index contributed by atoms with van der Waals surface area (Å²) in [7, 11) is 0. The van der Waals surface area contributed by atoms with E-state index in [1.807, 2.05) is 0 Å². The van der Waals surface area contributed by atoms with Gasteiger partial charge in [0.15, 0.2) is 0 Å². The second kappa shape index (κ2) is 6.46. The lowest BCUT2D eigenvalue weighted by molar-refractivity contribution is -0.140. The zero-order valence-electron chi connectivity index (χ0n) is 12.4. The molecule has 3 atom stereocenters. The molecule has 0 saturated heterocycles. The highest BCUT2D eigenvalue weighted by Crippen LogP contribution is 2.37. The second-order valence-electron chi connectivity index (χ2n) is 5.22. The molecule has 0 saturated carbocycles. The number of rotatable bonds is 6. The molecule has 0 bridgehead atoms. The Balaban J connectivity index is 3.72. The van der Waals surface area contributed by atoms with Crippen LogP contribution in [0.25, 0.3) is 0 Å². The van der Waals surface area contributed by atoms with Gasteiger partial charge in [-0.2, -0.15) is 0 Å². The summed E-state index contributed by atoms with van der Waals surface area (Å²) < 4.78 is 0. The largest absolute Gasteiger partial charge is 0.508 e. The van der Waals surface area contributed by atoms with Crippen molar-refractivity contribution in [3.8, 4) is 5.75 Å². The predicted molar refractivity (Wildman–Crippen MR) is 76.3 cm³/mol. The zero-order valence-corrected chi connectivity index (χ0v) is 12.4. The Morgan fingerprint density at radius 3 is 1.36 bits per heavy atom. The third kappa shape index (κ3) is 3.36. The maximum Gasteiger partial charge on any atom is 0.310 e. The number of hydrogen-bond donors (Lipinski definition) is 4. The average Bonchev–Trinajstić information content (AvgIpc) is 2.43. The summed E-state index contributed by atoms with van der Waals surface area (Å²) in [4.78, 5) is 33.8. The number of aliphatic carboxylic acids is 3. The molecule has 22 heavy (non-hydrogen) atoms. The van der Waals surface area contributed by atoms with Crippen molar-refractivity contribution in [3.05, 3.63) is 28.8 Å². The number of benzene rings is 1. The molecule has 0 aliphatic rings. The lowest BCUT2D eigenvalue weighted by Crippen LogP contribution is -2.20. The van der Waals surface area contributed by atoms with Crippen LogP contribution in [0, 0.1) is 0 Å². The molecule has 1 rings (SSSR count). The lowest BCUT2D eigenvalue weighted by atomic mass is 9.81. The standard InChI is InChI=1S/C15H18O7/c1-6(13(17)18)10-4-9(16)5-11(7(2)14(19)20)12(10)8(3)15(21)22/h4-8,16H,1-3H3,(H,17,18)(H,19,20)(H,21,22). The molecular weight excluding hydrogens is 292 g/mol. The maximum absolute atomic E-state index is 11.3. The minimum Gasteiger partial charge on any atom is -0.508 e. The van der Waals surface area contributed by atoms with E-state index in [4.69, 9.17) is 10.2 Å². The number of carboxylic acids is 3. The van der Waals surface area contributed by atoms with Gasteiger partial charge in [0.25, 0.3) is 0 Å². The van der Waals surface area contributed by atoms with Crippen LogP contribution in [0.5, 0.6) is 5.75 Å². The van der Waals surface area contributed by atoms with Crippen LogP contribution in [0.2, 0.25) is 0 Å². The Bertz CT molecular complexity index is 579. The van der Waals surface area contributed by atoms with Gasteiger partial charge >= 0.3 is 17.9 Å². The number of phenols is 1. The van der Waals surface area contributed by atoms with Gasteiger partial charge in [-0.25, -0.2) is 0 Å². The molecule has 0 spiro atoms. The Hall–Kier alpha value is -2.57. The van der Waals surface area contributed by atoms with Crippen LogP contribution in [0.1, 0.15) is 55.2 Å². The number of hydrogen-bond acceptors (Lipinski definition) is 4. The van der Waals surface area contributed by atoms with Crippen molar-refractivity contribution in [2.24, 2.45) is 0 Å². The summed E-state index contributed by atoms with van der Waals surface area (Å²) in [6.07, 6.45) is 0. The molecular formula is C15H18O7. The molecule has 0 fully saturated rings. The summed E-state index contributed by atoms with van der Waals surface area (Å²) in [5.74, 6) is -7.16. The van der Waals surface area contributed by atoms with E-state index in [-0.39, 0.29) is 22.4 Å². The van der Waals surface area contributed by atoms with Crippen molar-refractivity contribution in [1.29, 1.82) is 0 Å². The monoisotopic (exact) mass is 310 g/mol. The fourth-order valence-corrected chi connectivity index (χ4v) is 2.29. The summed E-state index contributed by atoms with van der Waals surface area (Å²) in [5.41, 5.74) is 0.325. The molecule has 0 heterocycles. The van der Waals surface area contributed by atoms with Crippen LogP contribution in [0.4, 0.5) is 0 Å². The van der Waals surface area contributed by atoms with E-state index in [1.54, 1.807) is 0 Å². The average molecular weight is 310 g/mol. The maximum atomic E-state index is 11.3. The van der Waals surface area contributed by atoms with Crippen LogP contribution in [-0.4, -0.2) is 38.3 Å². The third-order valence-electron chi connectivity index (χ3n) is 3.71. The van der Waals surface area contributed by atoms with Gasteiger partial charge < -0.3 is 20.4 Å². The van der Waals surface area contributed by atoms with Gasteiger partial charge in [-0.15, -0.1) is 0 Å². The molecule has 4 N–H and O–H groups in total. The van der Waals surface area contributed by atoms with E-state index in [0.717, 1.165) is 0 Å². The molecule has 3 unspecified atom stereocenters. The molecule has 1 aromatic carbocycles. The minimum absolute atomic E-state index is 0.102. The smallest absolute Gasteiger partial charge is 0.310 e. The van der Waals surface area contributed by atoms with Gasteiger partial charge in [-0.1, -0.05) is 0 Å². The van der Waals surface area contributed by atoms with Gasteiger partial charge in [-0.3, -0.25) is 14.4 Å². The number of carbonyl (C=O) groups is 3. The van der Waals surface area contributed by atoms with Gasteiger partial charge in [-0.05, 0) is 49.6 Å². The van der Waals surface area contributed by atoms with E-state index in [9.17, 15) is 24.6 Å². The number of aromatic hydroxyl groups is 1. The van der Waals surface area contributed by atoms with Crippen LogP contribution in [0.3, 0.4) is 0 Å². The van der Waals surface area contributed by atoms with Crippen LogP contribution in [-0.2, 0) is 14.4 Å². The summed E-state index contributed by atoms with van der Waals surface area (Å²) in [6, 6.07) is 2.34. The number of phenolic OH excluding ortho intramolecular Hbond substituents is 1. The SMILES string of the molecule is CC(C(=O)O)c1cc(O)cc(C(C)C(=O)O)c1C(C)C(=O)O. The summed E-state index contributed by atoms with van der Waals surface area (Å²) in [5, 5.41) is 37.3. The van der Waals surface area contributed by atoms with E-state index in [0.29, 0.717) is 0 Å². The molecule has 0 aromatic heterocycles. The van der Waals surface area contributed by atoms with Crippen LogP contribution in [0.15, 0.2) is 12.1 Å². The quantitative estimate of drug-likeness (QED) is 0.631. The first-order valence-electron chi connectivity index (χ1n) is 6.63. The second-order valence-corrected chi connectivity index (χ2v) is 5.22. The summed E-state index contributed by atoms with van der Waals surface area (Å²) >= 11 is 0. The molecule has 0 radical (unpaired) electrons. The summed E-state index contributed by atoms with van der Waals surface area (Å²) in [6.45, 7) is 4.06. The topological polar surface area (TPSA) is 132 Å². The molecule has 1 aromatic rings. The Labute approximate surface area is 126 Å². The molecule has 0 amide bonds. The fourth-order valence-electron chi connectivity index (χ4n) is 2.29. The first kappa shape index (κ1) is 17.5. The number of carboxylic acid groups (broad SMARTS) is 3. The Kier molecular flexibility index (Phi) is 5.14. The highest BCUT2D eigenvalue weighted by molar-refractivity contribution is 5.83. The zero-order chi connectivity index (χ0) is 17.2. The molecule has 120 valence electrons. The van der Waals surface area contributed by atoms with Gasteiger partial charge in [0, 0.05) is 0 Å². The van der Waals surface area contributed by atoms with Crippen molar-refractivity contribution >= 4 is 17.9 Å². The van der Waals surface area contributed by atoms with E-state index in [1.165, 1.54) is 32.9 Å². The first-order chi connectivity index (χ1) is 10.1. The Morgan fingerprint density at radius 2 is 1.09 bits per heavy atom. The normalized spacial score (nSPS) is 14.9. The van der Waals surface area contributed by atoms with Crippen molar-refractivity contribution in [2.75, 3.05) is 0 Å². The first-order valence-corrected chi connectivity index (χ1v) is 6.63. The van der Waals surface area contributed by atoms with Gasteiger partial charge in [0.1, 0.15) is 5.75 Å². The van der Waals surface area contributed by atoms with E-state index >= 15 is 0 Å².